The predicted molar refractivity (Wildman–Crippen MR) is 99.8 cm³/mol. The maximum absolute atomic E-state index is 12.6. The van der Waals surface area contributed by atoms with Gasteiger partial charge in [0, 0.05) is 5.41 Å². The van der Waals surface area contributed by atoms with Gasteiger partial charge < -0.3 is 5.32 Å². The first-order valence-electron chi connectivity index (χ1n) is 8.30. The molecule has 1 amide bonds. The number of nitrogens with one attached hydrogen (secondary N) is 1. The normalized spacial score (nSPS) is 12.8. The molecule has 0 heterocycles. The second kappa shape index (κ2) is 6.48. The summed E-state index contributed by atoms with van der Waals surface area (Å²) in [5.74, 6) is 0.0458. The van der Waals surface area contributed by atoms with Crippen LogP contribution in [0.4, 0.5) is 0 Å². The molecule has 0 saturated heterocycles. The van der Waals surface area contributed by atoms with Gasteiger partial charge in [0.15, 0.2) is 0 Å². The van der Waals surface area contributed by atoms with Crippen LogP contribution < -0.4 is 5.32 Å². The highest BCUT2D eigenvalue weighted by Gasteiger charge is 2.25. The molecule has 0 bridgehead atoms. The van der Waals surface area contributed by atoms with Crippen LogP contribution in [0.5, 0.6) is 0 Å². The van der Waals surface area contributed by atoms with Crippen LogP contribution in [0.25, 0.3) is 10.8 Å². The lowest BCUT2D eigenvalue weighted by Crippen LogP contribution is -2.37. The van der Waals surface area contributed by atoms with E-state index in [1.54, 1.807) is 0 Å². The smallest absolute Gasteiger partial charge is 0.226 e. The van der Waals surface area contributed by atoms with Crippen LogP contribution in [0.2, 0.25) is 0 Å². The van der Waals surface area contributed by atoms with E-state index in [1.165, 1.54) is 10.8 Å². The average molecular weight is 317 g/mol. The van der Waals surface area contributed by atoms with E-state index >= 15 is 0 Å². The largest absolute Gasteiger partial charge is 0.345 e. The van der Waals surface area contributed by atoms with Crippen molar-refractivity contribution in [1.82, 2.24) is 5.32 Å². The fraction of sp³-hybridized carbons (Fsp3) is 0.227. The zero-order valence-electron chi connectivity index (χ0n) is 14.4. The van der Waals surface area contributed by atoms with Crippen molar-refractivity contribution in [3.8, 4) is 0 Å². The summed E-state index contributed by atoms with van der Waals surface area (Å²) >= 11 is 0. The van der Waals surface area contributed by atoms with Crippen LogP contribution in [0, 0.1) is 5.41 Å². The molecule has 2 nitrogen and oxygen atoms in total. The molecule has 1 atom stereocenters. The number of fused-ring (bicyclic) bond motifs is 1. The average Bonchev–Trinajstić information content (AvgIpc) is 2.59. The van der Waals surface area contributed by atoms with Gasteiger partial charge in [-0.2, -0.15) is 0 Å². The van der Waals surface area contributed by atoms with E-state index in [9.17, 15) is 4.79 Å². The van der Waals surface area contributed by atoms with Gasteiger partial charge in [-0.15, -0.1) is 0 Å². The first-order valence-corrected chi connectivity index (χ1v) is 8.30. The van der Waals surface area contributed by atoms with E-state index in [0.717, 1.165) is 11.1 Å². The van der Waals surface area contributed by atoms with E-state index in [1.807, 2.05) is 51.1 Å². The highest BCUT2D eigenvalue weighted by molar-refractivity contribution is 5.84. The van der Waals surface area contributed by atoms with E-state index in [2.05, 4.69) is 47.8 Å². The standard InChI is InChI=1S/C22H23NO/c1-22(2,3)21(24)23-20(17-10-5-4-6-11-17)19-14-13-16-9-7-8-12-18(16)15-19/h4-15,20H,1-3H3,(H,23,24)/t20-/m0/s1. The molecule has 3 aromatic carbocycles. The Morgan fingerprint density at radius 2 is 1.42 bits per heavy atom. The third-order valence-corrected chi connectivity index (χ3v) is 4.20. The quantitative estimate of drug-likeness (QED) is 0.716. The van der Waals surface area contributed by atoms with Crippen molar-refractivity contribution in [2.75, 3.05) is 0 Å². The SMILES string of the molecule is CC(C)(C)C(=O)N[C@@H](c1ccccc1)c1ccc2ccccc2c1. The Balaban J connectivity index is 2.04. The number of hydrogen-bond acceptors (Lipinski definition) is 1. The highest BCUT2D eigenvalue weighted by Crippen LogP contribution is 2.27. The molecule has 3 aromatic rings. The number of carbonyl (C=O) groups is 1. The van der Waals surface area contributed by atoms with E-state index in [-0.39, 0.29) is 11.9 Å². The molecule has 0 unspecified atom stereocenters. The third-order valence-electron chi connectivity index (χ3n) is 4.20. The summed E-state index contributed by atoms with van der Waals surface area (Å²) in [6.07, 6.45) is 0. The molecule has 0 fully saturated rings. The van der Waals surface area contributed by atoms with Gasteiger partial charge >= 0.3 is 0 Å². The highest BCUT2D eigenvalue weighted by atomic mass is 16.2. The summed E-state index contributed by atoms with van der Waals surface area (Å²) in [6.45, 7) is 5.81. The number of rotatable bonds is 3. The maximum atomic E-state index is 12.6. The Morgan fingerprint density at radius 3 is 2.08 bits per heavy atom. The second-order valence-electron chi connectivity index (χ2n) is 7.17. The maximum Gasteiger partial charge on any atom is 0.226 e. The van der Waals surface area contributed by atoms with Gasteiger partial charge in [0.25, 0.3) is 0 Å². The molecule has 122 valence electrons. The van der Waals surface area contributed by atoms with Gasteiger partial charge in [-0.05, 0) is 28.0 Å². The van der Waals surface area contributed by atoms with Crippen molar-refractivity contribution in [2.45, 2.75) is 26.8 Å². The molecule has 0 aliphatic heterocycles. The molecular weight excluding hydrogens is 294 g/mol. The molecule has 0 spiro atoms. The van der Waals surface area contributed by atoms with Crippen molar-refractivity contribution in [3.63, 3.8) is 0 Å². The molecule has 0 aliphatic rings. The van der Waals surface area contributed by atoms with Crippen LogP contribution in [-0.4, -0.2) is 5.91 Å². The number of amides is 1. The van der Waals surface area contributed by atoms with Crippen LogP contribution in [0.15, 0.2) is 72.8 Å². The van der Waals surface area contributed by atoms with Crippen LogP contribution >= 0.6 is 0 Å². The van der Waals surface area contributed by atoms with Gasteiger partial charge in [0.05, 0.1) is 6.04 Å². The number of carbonyl (C=O) groups excluding carboxylic acids is 1. The summed E-state index contributed by atoms with van der Waals surface area (Å²) in [5.41, 5.74) is 1.76. The summed E-state index contributed by atoms with van der Waals surface area (Å²) in [6, 6.07) is 24.6. The fourth-order valence-electron chi connectivity index (χ4n) is 2.74. The van der Waals surface area contributed by atoms with Crippen LogP contribution in [0.3, 0.4) is 0 Å². The number of hydrogen-bond donors (Lipinski definition) is 1. The first kappa shape index (κ1) is 16.3. The molecule has 0 aromatic heterocycles. The predicted octanol–water partition coefficient (Wildman–Crippen LogP) is 5.09. The second-order valence-corrected chi connectivity index (χ2v) is 7.17. The molecule has 0 saturated carbocycles. The Kier molecular flexibility index (Phi) is 4.39. The molecule has 3 rings (SSSR count). The summed E-state index contributed by atoms with van der Waals surface area (Å²) in [4.78, 5) is 12.6. The van der Waals surface area contributed by atoms with E-state index < -0.39 is 5.41 Å². The Labute approximate surface area is 143 Å². The Bertz CT molecular complexity index is 846. The topological polar surface area (TPSA) is 29.1 Å². The van der Waals surface area contributed by atoms with E-state index in [4.69, 9.17) is 0 Å². The van der Waals surface area contributed by atoms with Gasteiger partial charge in [-0.3, -0.25) is 4.79 Å². The minimum atomic E-state index is -0.427. The fourth-order valence-corrected chi connectivity index (χ4v) is 2.74. The first-order chi connectivity index (χ1) is 11.4. The lowest BCUT2D eigenvalue weighted by Gasteiger charge is -2.25. The summed E-state index contributed by atoms with van der Waals surface area (Å²) in [5, 5.41) is 5.60. The lowest BCUT2D eigenvalue weighted by molar-refractivity contribution is -0.129. The number of benzene rings is 3. The third kappa shape index (κ3) is 3.48. The Hall–Kier alpha value is -2.61. The van der Waals surface area contributed by atoms with Gasteiger partial charge in [-0.25, -0.2) is 0 Å². The Morgan fingerprint density at radius 1 is 0.792 bits per heavy atom. The zero-order chi connectivity index (χ0) is 17.2. The van der Waals surface area contributed by atoms with Crippen molar-refractivity contribution in [1.29, 1.82) is 0 Å². The molecule has 0 radical (unpaired) electrons. The van der Waals surface area contributed by atoms with Crippen molar-refractivity contribution in [3.05, 3.63) is 83.9 Å². The molecule has 24 heavy (non-hydrogen) atoms. The van der Waals surface area contributed by atoms with Crippen LogP contribution in [-0.2, 0) is 4.79 Å². The van der Waals surface area contributed by atoms with Gasteiger partial charge in [-0.1, -0.05) is 87.5 Å². The van der Waals surface area contributed by atoms with Gasteiger partial charge in [0.2, 0.25) is 5.91 Å². The van der Waals surface area contributed by atoms with E-state index in [0.29, 0.717) is 0 Å². The molecule has 1 N–H and O–H groups in total. The zero-order valence-corrected chi connectivity index (χ0v) is 14.4. The molecular formula is C22H23NO. The minimum absolute atomic E-state index is 0.0458. The minimum Gasteiger partial charge on any atom is -0.345 e. The van der Waals surface area contributed by atoms with Crippen LogP contribution in [0.1, 0.15) is 37.9 Å². The van der Waals surface area contributed by atoms with Crippen molar-refractivity contribution in [2.24, 2.45) is 5.41 Å². The van der Waals surface area contributed by atoms with Crippen molar-refractivity contribution < 1.29 is 4.79 Å². The molecule has 2 heteroatoms. The van der Waals surface area contributed by atoms with Gasteiger partial charge in [0.1, 0.15) is 0 Å². The lowest BCUT2D eigenvalue weighted by atomic mass is 9.92. The summed E-state index contributed by atoms with van der Waals surface area (Å²) in [7, 11) is 0. The molecule has 0 aliphatic carbocycles. The monoisotopic (exact) mass is 317 g/mol. The summed E-state index contributed by atoms with van der Waals surface area (Å²) < 4.78 is 0. The van der Waals surface area contributed by atoms with Crippen molar-refractivity contribution >= 4 is 16.7 Å².